The summed E-state index contributed by atoms with van der Waals surface area (Å²) < 4.78 is 71.6. The van der Waals surface area contributed by atoms with E-state index < -0.39 is 15.6 Å². The van der Waals surface area contributed by atoms with E-state index in [1.54, 1.807) is 6.07 Å². The fraction of sp³-hybridized carbons (Fsp3) is 0.179. The Morgan fingerprint density at radius 1 is 0.919 bits per heavy atom. The molecule has 0 amide bonds. The Morgan fingerprint density at radius 3 is 2.27 bits per heavy atom. The van der Waals surface area contributed by atoms with Gasteiger partial charge in [0, 0.05) is 16.7 Å². The van der Waals surface area contributed by atoms with Gasteiger partial charge in [-0.2, -0.15) is 21.6 Å². The summed E-state index contributed by atoms with van der Waals surface area (Å²) in [5.74, 6) is 0.751. The minimum absolute atomic E-state index is 0.0135. The number of nitrogens with zero attached hydrogens (tertiary/aromatic N) is 1. The van der Waals surface area contributed by atoms with Crippen LogP contribution in [-0.4, -0.2) is 18.9 Å². The number of hydrogen-bond donors (Lipinski definition) is 0. The molecule has 1 heterocycles. The first-order chi connectivity index (χ1) is 17.7. The molecule has 0 N–H and O–H groups in total. The van der Waals surface area contributed by atoms with Crippen molar-refractivity contribution in [1.29, 1.82) is 0 Å². The van der Waals surface area contributed by atoms with Crippen LogP contribution in [0.4, 0.5) is 13.2 Å². The highest BCUT2D eigenvalue weighted by atomic mass is 32.2. The predicted octanol–water partition coefficient (Wildman–Crippen LogP) is 7.27. The molecule has 3 aromatic carbocycles. The van der Waals surface area contributed by atoms with Gasteiger partial charge in [-0.05, 0) is 42.9 Å². The van der Waals surface area contributed by atoms with Crippen LogP contribution in [-0.2, 0) is 16.5 Å². The van der Waals surface area contributed by atoms with Crippen LogP contribution in [0.2, 0.25) is 0 Å². The number of benzene rings is 3. The quantitative estimate of drug-likeness (QED) is 0.187. The Morgan fingerprint density at radius 2 is 1.59 bits per heavy atom. The van der Waals surface area contributed by atoms with Crippen molar-refractivity contribution in [2.45, 2.75) is 24.8 Å². The zero-order valence-corrected chi connectivity index (χ0v) is 20.3. The summed E-state index contributed by atoms with van der Waals surface area (Å²) in [6, 6.07) is 25.1. The second-order valence-corrected chi connectivity index (χ2v) is 10.2. The van der Waals surface area contributed by atoms with E-state index in [2.05, 4.69) is 10.3 Å². The van der Waals surface area contributed by atoms with Crippen LogP contribution in [0.15, 0.2) is 95.4 Å². The molecule has 0 unspecified atom stereocenters. The summed E-state index contributed by atoms with van der Waals surface area (Å²) >= 11 is 0. The number of halogens is 3. The van der Waals surface area contributed by atoms with Gasteiger partial charge in [-0.3, -0.25) is 0 Å². The molecule has 1 atom stereocenters. The standard InChI is InChI=1S/C28H22F3NO4S/c29-28(30,31)37(33,34)36-23-15-7-9-19(18-23)17-22-14-8-16-24(22)27-32-25(20-10-3-1-4-11-20)26(35-27)21-12-5-2-6-13-21/h1-7,9-13,15-16,18,22H,8,14,17H2/t22-/m0/s1. The smallest absolute Gasteiger partial charge is 0.436 e. The Bertz CT molecular complexity index is 1470. The van der Waals surface area contributed by atoms with E-state index in [1.807, 2.05) is 60.7 Å². The fourth-order valence-electron chi connectivity index (χ4n) is 4.44. The molecule has 0 bridgehead atoms. The third-order valence-corrected chi connectivity index (χ3v) is 7.13. The van der Waals surface area contributed by atoms with Crippen LogP contribution >= 0.6 is 0 Å². The fourth-order valence-corrected chi connectivity index (χ4v) is 4.89. The maximum absolute atomic E-state index is 12.7. The molecule has 0 saturated heterocycles. The van der Waals surface area contributed by atoms with Gasteiger partial charge >= 0.3 is 15.6 Å². The normalized spacial score (nSPS) is 16.0. The Hall–Kier alpha value is -3.85. The lowest BCUT2D eigenvalue weighted by Gasteiger charge is -2.14. The first kappa shape index (κ1) is 24.8. The molecule has 0 aliphatic heterocycles. The second-order valence-electron chi connectivity index (χ2n) is 8.70. The third kappa shape index (κ3) is 5.32. The highest BCUT2D eigenvalue weighted by molar-refractivity contribution is 7.88. The zero-order chi connectivity index (χ0) is 26.0. The molecule has 1 aliphatic carbocycles. The van der Waals surface area contributed by atoms with Crippen molar-refractivity contribution >= 4 is 15.7 Å². The van der Waals surface area contributed by atoms with Gasteiger partial charge in [-0.15, -0.1) is 0 Å². The van der Waals surface area contributed by atoms with Gasteiger partial charge in [-0.25, -0.2) is 4.98 Å². The Kier molecular flexibility index (Phi) is 6.64. The summed E-state index contributed by atoms with van der Waals surface area (Å²) in [7, 11) is -5.74. The first-order valence-corrected chi connectivity index (χ1v) is 13.0. The van der Waals surface area contributed by atoms with E-state index in [-0.39, 0.29) is 11.7 Å². The largest absolute Gasteiger partial charge is 0.534 e. The highest BCUT2D eigenvalue weighted by Gasteiger charge is 2.48. The maximum Gasteiger partial charge on any atom is 0.534 e. The maximum atomic E-state index is 12.7. The van der Waals surface area contributed by atoms with Gasteiger partial charge in [0.1, 0.15) is 11.4 Å². The predicted molar refractivity (Wildman–Crippen MR) is 134 cm³/mol. The molecular weight excluding hydrogens is 503 g/mol. The van der Waals surface area contributed by atoms with Gasteiger partial charge in [0.25, 0.3) is 0 Å². The van der Waals surface area contributed by atoms with Crippen molar-refractivity contribution in [3.05, 3.63) is 102 Å². The number of rotatable bonds is 7. The lowest BCUT2D eigenvalue weighted by atomic mass is 9.93. The lowest BCUT2D eigenvalue weighted by molar-refractivity contribution is -0.0500. The van der Waals surface area contributed by atoms with E-state index in [9.17, 15) is 21.6 Å². The SMILES string of the molecule is O=S(=O)(Oc1cccc(C[C@@H]2CCC=C2c2nc(-c3ccccc3)c(-c3ccccc3)o2)c1)C(F)(F)F. The molecule has 5 rings (SSSR count). The molecule has 4 aromatic rings. The highest BCUT2D eigenvalue weighted by Crippen LogP contribution is 2.41. The molecule has 1 aliphatic rings. The summed E-state index contributed by atoms with van der Waals surface area (Å²) in [6.07, 6.45) is 4.11. The van der Waals surface area contributed by atoms with E-state index in [4.69, 9.17) is 9.40 Å². The topological polar surface area (TPSA) is 69.4 Å². The molecule has 9 heteroatoms. The number of hydrogen-bond acceptors (Lipinski definition) is 5. The van der Waals surface area contributed by atoms with Crippen molar-refractivity contribution in [1.82, 2.24) is 4.98 Å². The monoisotopic (exact) mass is 525 g/mol. The van der Waals surface area contributed by atoms with E-state index >= 15 is 0 Å². The summed E-state index contributed by atoms with van der Waals surface area (Å²) in [6.45, 7) is 0. The molecule has 190 valence electrons. The molecule has 37 heavy (non-hydrogen) atoms. The molecule has 0 saturated carbocycles. The number of oxazole rings is 1. The average Bonchev–Trinajstić information content (AvgIpc) is 3.52. The summed E-state index contributed by atoms with van der Waals surface area (Å²) in [5.41, 5.74) is -1.41. The first-order valence-electron chi connectivity index (χ1n) is 11.6. The van der Waals surface area contributed by atoms with Crippen molar-refractivity contribution < 1.29 is 30.2 Å². The second kappa shape index (κ2) is 9.89. The molecule has 0 spiro atoms. The number of allylic oxidation sites excluding steroid dienone is 2. The Labute approximate surface area is 212 Å². The number of aromatic nitrogens is 1. The number of alkyl halides is 3. The molecular formula is C28H22F3NO4S. The van der Waals surface area contributed by atoms with Gasteiger partial charge in [0.05, 0.1) is 0 Å². The van der Waals surface area contributed by atoms with Crippen LogP contribution in [0, 0.1) is 5.92 Å². The Balaban J connectivity index is 1.43. The molecule has 0 radical (unpaired) electrons. The van der Waals surface area contributed by atoms with Crippen molar-refractivity contribution in [3.8, 4) is 28.3 Å². The van der Waals surface area contributed by atoms with Crippen LogP contribution in [0.5, 0.6) is 5.75 Å². The minimum Gasteiger partial charge on any atom is -0.436 e. The van der Waals surface area contributed by atoms with Crippen molar-refractivity contribution in [3.63, 3.8) is 0 Å². The van der Waals surface area contributed by atoms with Gasteiger partial charge in [0.15, 0.2) is 5.76 Å². The summed E-state index contributed by atoms with van der Waals surface area (Å²) in [4.78, 5) is 4.86. The third-order valence-electron chi connectivity index (χ3n) is 6.15. The van der Waals surface area contributed by atoms with E-state index in [1.165, 1.54) is 18.2 Å². The minimum atomic E-state index is -5.74. The zero-order valence-electron chi connectivity index (χ0n) is 19.5. The van der Waals surface area contributed by atoms with Crippen LogP contribution in [0.1, 0.15) is 24.3 Å². The average molecular weight is 526 g/mol. The van der Waals surface area contributed by atoms with Crippen molar-refractivity contribution in [2.24, 2.45) is 5.92 Å². The molecule has 1 aromatic heterocycles. The van der Waals surface area contributed by atoms with Gasteiger partial charge in [0.2, 0.25) is 5.89 Å². The van der Waals surface area contributed by atoms with Gasteiger partial charge < -0.3 is 8.60 Å². The van der Waals surface area contributed by atoms with Crippen LogP contribution in [0.25, 0.3) is 28.2 Å². The van der Waals surface area contributed by atoms with Gasteiger partial charge in [-0.1, -0.05) is 78.9 Å². The van der Waals surface area contributed by atoms with E-state index in [0.717, 1.165) is 35.2 Å². The van der Waals surface area contributed by atoms with E-state index in [0.29, 0.717) is 23.6 Å². The molecule has 5 nitrogen and oxygen atoms in total. The van der Waals surface area contributed by atoms with Crippen molar-refractivity contribution in [2.75, 3.05) is 0 Å². The molecule has 0 fully saturated rings. The lowest BCUT2D eigenvalue weighted by Crippen LogP contribution is -2.28. The van der Waals surface area contributed by atoms with Crippen LogP contribution < -0.4 is 4.18 Å². The van der Waals surface area contributed by atoms with Crippen LogP contribution in [0.3, 0.4) is 0 Å². The summed E-state index contributed by atoms with van der Waals surface area (Å²) in [5, 5.41) is 0.